The van der Waals surface area contributed by atoms with Crippen molar-refractivity contribution in [2.45, 2.75) is 26.4 Å². The molecule has 102 valence electrons. The van der Waals surface area contributed by atoms with Gasteiger partial charge in [-0.2, -0.15) is 0 Å². The summed E-state index contributed by atoms with van der Waals surface area (Å²) in [6.07, 6.45) is 0.195. The number of amides is 1. The summed E-state index contributed by atoms with van der Waals surface area (Å²) >= 11 is 1.40. The third kappa shape index (κ3) is 3.68. The number of aromatic nitrogens is 1. The first kappa shape index (κ1) is 14.9. The molecule has 1 unspecified atom stereocenters. The molecular weight excluding hydrogens is 250 g/mol. The molecule has 0 aliphatic heterocycles. The molecular formula is C12H21N3O2S. The Balaban J connectivity index is 2.77. The molecule has 0 aliphatic rings. The van der Waals surface area contributed by atoms with Crippen LogP contribution in [0.1, 0.15) is 28.7 Å². The Kier molecular flexibility index (Phi) is 5.10. The van der Waals surface area contributed by atoms with E-state index in [9.17, 15) is 9.90 Å². The minimum Gasteiger partial charge on any atom is -0.393 e. The Hall–Kier alpha value is -1.14. The normalized spacial score (nSPS) is 12.3. The van der Waals surface area contributed by atoms with Crippen LogP contribution in [0.5, 0.6) is 0 Å². The average Bonchev–Trinajstić information content (AvgIpc) is 2.67. The van der Waals surface area contributed by atoms with Gasteiger partial charge in [0.05, 0.1) is 11.8 Å². The summed E-state index contributed by atoms with van der Waals surface area (Å²) in [6, 6.07) is 0. The highest BCUT2D eigenvalue weighted by atomic mass is 32.1. The van der Waals surface area contributed by atoms with E-state index in [0.29, 0.717) is 17.8 Å². The molecule has 1 atom stereocenters. The van der Waals surface area contributed by atoms with Crippen LogP contribution >= 0.6 is 11.3 Å². The summed E-state index contributed by atoms with van der Waals surface area (Å²) in [5, 5.41) is 10.1. The molecule has 1 aromatic heterocycles. The van der Waals surface area contributed by atoms with Crippen molar-refractivity contribution in [3.8, 4) is 0 Å². The molecule has 1 heterocycles. The smallest absolute Gasteiger partial charge is 0.265 e. The van der Waals surface area contributed by atoms with Gasteiger partial charge in [-0.15, -0.1) is 0 Å². The largest absolute Gasteiger partial charge is 0.393 e. The zero-order valence-corrected chi connectivity index (χ0v) is 12.4. The minimum atomic E-state index is -0.389. The number of carbonyl (C=O) groups is 1. The molecule has 1 rings (SSSR count). The lowest BCUT2D eigenvalue weighted by molar-refractivity contribution is 0.0773. The SMILES string of the molecule is Cc1nc(N(C)C)sc1C(=O)N(C)CCC(C)O. The van der Waals surface area contributed by atoms with E-state index in [1.807, 2.05) is 25.9 Å². The zero-order valence-electron chi connectivity index (χ0n) is 11.6. The van der Waals surface area contributed by atoms with Gasteiger partial charge in [0.1, 0.15) is 4.88 Å². The zero-order chi connectivity index (χ0) is 13.9. The quantitative estimate of drug-likeness (QED) is 0.878. The Labute approximate surface area is 112 Å². The van der Waals surface area contributed by atoms with E-state index in [1.54, 1.807) is 18.9 Å². The first-order valence-electron chi connectivity index (χ1n) is 5.91. The maximum Gasteiger partial charge on any atom is 0.265 e. The number of aliphatic hydroxyl groups is 1. The fourth-order valence-corrected chi connectivity index (χ4v) is 2.41. The third-order valence-electron chi connectivity index (χ3n) is 2.59. The minimum absolute atomic E-state index is 0.0289. The van der Waals surface area contributed by atoms with E-state index in [4.69, 9.17) is 0 Å². The van der Waals surface area contributed by atoms with Gasteiger partial charge in [-0.05, 0) is 20.3 Å². The topological polar surface area (TPSA) is 56.7 Å². The molecule has 0 fully saturated rings. The van der Waals surface area contributed by atoms with Crippen molar-refractivity contribution in [1.29, 1.82) is 0 Å². The number of nitrogens with zero attached hydrogens (tertiary/aromatic N) is 3. The van der Waals surface area contributed by atoms with E-state index in [2.05, 4.69) is 4.98 Å². The summed E-state index contributed by atoms with van der Waals surface area (Å²) in [4.78, 5) is 20.8. The van der Waals surface area contributed by atoms with Crippen LogP contribution in [0.4, 0.5) is 5.13 Å². The number of carbonyl (C=O) groups excluding carboxylic acids is 1. The maximum absolute atomic E-state index is 12.2. The van der Waals surface area contributed by atoms with E-state index in [-0.39, 0.29) is 12.0 Å². The second-order valence-electron chi connectivity index (χ2n) is 4.67. The van der Waals surface area contributed by atoms with Gasteiger partial charge in [0.25, 0.3) is 5.91 Å². The van der Waals surface area contributed by atoms with Crippen LogP contribution in [-0.2, 0) is 0 Å². The van der Waals surface area contributed by atoms with Crippen LogP contribution in [0.2, 0.25) is 0 Å². The van der Waals surface area contributed by atoms with Crippen LogP contribution in [0.25, 0.3) is 0 Å². The molecule has 0 aromatic carbocycles. The van der Waals surface area contributed by atoms with E-state index < -0.39 is 0 Å². The van der Waals surface area contributed by atoms with Crippen LogP contribution in [0.15, 0.2) is 0 Å². The van der Waals surface area contributed by atoms with Crippen molar-refractivity contribution in [3.05, 3.63) is 10.6 Å². The van der Waals surface area contributed by atoms with E-state index in [1.165, 1.54) is 11.3 Å². The Morgan fingerprint density at radius 1 is 1.44 bits per heavy atom. The van der Waals surface area contributed by atoms with Gasteiger partial charge in [-0.1, -0.05) is 11.3 Å². The lowest BCUT2D eigenvalue weighted by Gasteiger charge is -2.17. The van der Waals surface area contributed by atoms with Crippen molar-refractivity contribution in [2.75, 3.05) is 32.6 Å². The number of hydrogen-bond acceptors (Lipinski definition) is 5. The summed E-state index contributed by atoms with van der Waals surface area (Å²) < 4.78 is 0. The molecule has 0 aliphatic carbocycles. The van der Waals surface area contributed by atoms with Crippen molar-refractivity contribution < 1.29 is 9.90 Å². The molecule has 0 saturated carbocycles. The van der Waals surface area contributed by atoms with Gasteiger partial charge >= 0.3 is 0 Å². The van der Waals surface area contributed by atoms with Crippen LogP contribution in [0, 0.1) is 6.92 Å². The fourth-order valence-electron chi connectivity index (χ4n) is 1.43. The van der Waals surface area contributed by atoms with E-state index in [0.717, 1.165) is 10.8 Å². The van der Waals surface area contributed by atoms with Crippen molar-refractivity contribution in [2.24, 2.45) is 0 Å². The lowest BCUT2D eigenvalue weighted by Crippen LogP contribution is -2.29. The van der Waals surface area contributed by atoms with Crippen molar-refractivity contribution in [3.63, 3.8) is 0 Å². The molecule has 1 N–H and O–H groups in total. The highest BCUT2D eigenvalue weighted by Crippen LogP contribution is 2.25. The number of rotatable bonds is 5. The first-order chi connectivity index (χ1) is 8.32. The van der Waals surface area contributed by atoms with Crippen LogP contribution in [-0.4, -0.2) is 54.7 Å². The number of aliphatic hydroxyl groups excluding tert-OH is 1. The number of anilines is 1. The summed E-state index contributed by atoms with van der Waals surface area (Å²) in [7, 11) is 5.56. The molecule has 18 heavy (non-hydrogen) atoms. The van der Waals surface area contributed by atoms with Crippen molar-refractivity contribution in [1.82, 2.24) is 9.88 Å². The van der Waals surface area contributed by atoms with Crippen LogP contribution < -0.4 is 4.90 Å². The van der Waals surface area contributed by atoms with Gasteiger partial charge < -0.3 is 14.9 Å². The predicted molar refractivity (Wildman–Crippen MR) is 74.4 cm³/mol. The highest BCUT2D eigenvalue weighted by molar-refractivity contribution is 7.17. The average molecular weight is 271 g/mol. The molecule has 0 saturated heterocycles. The van der Waals surface area contributed by atoms with Crippen LogP contribution in [0.3, 0.4) is 0 Å². The molecule has 0 radical (unpaired) electrons. The molecule has 1 amide bonds. The summed E-state index contributed by atoms with van der Waals surface area (Å²) in [6.45, 7) is 4.12. The van der Waals surface area contributed by atoms with Gasteiger partial charge in [0.2, 0.25) is 0 Å². The number of aryl methyl sites for hydroxylation is 1. The first-order valence-corrected chi connectivity index (χ1v) is 6.72. The fraction of sp³-hybridized carbons (Fsp3) is 0.667. The van der Waals surface area contributed by atoms with Gasteiger partial charge in [0, 0.05) is 27.7 Å². The predicted octanol–water partition coefficient (Wildman–Crippen LogP) is 1.36. The Morgan fingerprint density at radius 3 is 2.50 bits per heavy atom. The summed E-state index contributed by atoms with van der Waals surface area (Å²) in [5.41, 5.74) is 0.762. The Morgan fingerprint density at radius 2 is 2.06 bits per heavy atom. The molecule has 5 nitrogen and oxygen atoms in total. The number of thiazole rings is 1. The van der Waals surface area contributed by atoms with Crippen molar-refractivity contribution >= 4 is 22.4 Å². The van der Waals surface area contributed by atoms with Gasteiger partial charge in [-0.25, -0.2) is 4.98 Å². The highest BCUT2D eigenvalue weighted by Gasteiger charge is 2.19. The second-order valence-corrected chi connectivity index (χ2v) is 5.65. The maximum atomic E-state index is 12.2. The number of hydrogen-bond donors (Lipinski definition) is 1. The van der Waals surface area contributed by atoms with Gasteiger partial charge in [0.15, 0.2) is 5.13 Å². The second kappa shape index (κ2) is 6.15. The summed E-state index contributed by atoms with van der Waals surface area (Å²) in [5.74, 6) is -0.0289. The molecule has 0 bridgehead atoms. The molecule has 1 aromatic rings. The third-order valence-corrected chi connectivity index (χ3v) is 3.90. The molecule has 6 heteroatoms. The van der Waals surface area contributed by atoms with E-state index >= 15 is 0 Å². The lowest BCUT2D eigenvalue weighted by atomic mass is 10.2. The van der Waals surface area contributed by atoms with Gasteiger partial charge in [-0.3, -0.25) is 4.79 Å². The molecule has 0 spiro atoms. The standard InChI is InChI=1S/C12H21N3O2S/c1-8(16)6-7-15(5)11(17)10-9(2)13-12(18-10)14(3)4/h8,16H,6-7H2,1-5H3. The Bertz CT molecular complexity index is 415. The monoisotopic (exact) mass is 271 g/mol.